The van der Waals surface area contributed by atoms with Crippen LogP contribution < -0.4 is 5.32 Å². The molecule has 0 aliphatic carbocycles. The fourth-order valence-electron chi connectivity index (χ4n) is 1.47. The van der Waals surface area contributed by atoms with Crippen LogP contribution in [0.15, 0.2) is 0 Å². The van der Waals surface area contributed by atoms with E-state index in [1.54, 1.807) is 0 Å². The normalized spacial score (nSPS) is 14.7. The number of carbonyl (C=O) groups excluding carboxylic acids is 1. The maximum absolute atomic E-state index is 12.0. The molecule has 0 aromatic rings. The maximum atomic E-state index is 12.0. The summed E-state index contributed by atoms with van der Waals surface area (Å²) < 4.78 is 0. The number of rotatable bonds is 7. The van der Waals surface area contributed by atoms with Gasteiger partial charge < -0.3 is 10.2 Å². The van der Waals surface area contributed by atoms with Crippen molar-refractivity contribution >= 4 is 5.91 Å². The van der Waals surface area contributed by atoms with Crippen LogP contribution in [-0.2, 0) is 4.79 Å². The van der Waals surface area contributed by atoms with E-state index in [0.29, 0.717) is 6.04 Å². The van der Waals surface area contributed by atoms with Crippen molar-refractivity contribution < 1.29 is 4.79 Å². The fraction of sp³-hybridized carbons (Fsp3) is 0.917. The lowest BCUT2D eigenvalue weighted by Gasteiger charge is -2.31. The van der Waals surface area contributed by atoms with Crippen molar-refractivity contribution in [2.24, 2.45) is 0 Å². The Labute approximate surface area is 94.2 Å². The van der Waals surface area contributed by atoms with E-state index in [-0.39, 0.29) is 11.9 Å². The van der Waals surface area contributed by atoms with Gasteiger partial charge in [0.15, 0.2) is 0 Å². The van der Waals surface area contributed by atoms with Crippen LogP contribution in [0.5, 0.6) is 0 Å². The summed E-state index contributed by atoms with van der Waals surface area (Å²) in [7, 11) is 1.83. The molecular weight excluding hydrogens is 188 g/mol. The van der Waals surface area contributed by atoms with Gasteiger partial charge in [0.25, 0.3) is 0 Å². The average Bonchev–Trinajstić information content (AvgIpc) is 2.27. The lowest BCUT2D eigenvalue weighted by Crippen LogP contribution is -2.47. The van der Waals surface area contributed by atoms with Gasteiger partial charge in [0, 0.05) is 12.6 Å². The molecule has 0 radical (unpaired) electrons. The summed E-state index contributed by atoms with van der Waals surface area (Å²) in [5.74, 6) is 0.223. The topological polar surface area (TPSA) is 32.3 Å². The number of amides is 1. The molecule has 1 N–H and O–H groups in total. The van der Waals surface area contributed by atoms with E-state index in [0.717, 1.165) is 25.8 Å². The number of nitrogens with zero attached hydrogens (tertiary/aromatic N) is 1. The summed E-state index contributed by atoms with van der Waals surface area (Å²) >= 11 is 0. The van der Waals surface area contributed by atoms with Gasteiger partial charge in [-0.05, 0) is 33.7 Å². The van der Waals surface area contributed by atoms with Crippen LogP contribution in [0.3, 0.4) is 0 Å². The smallest absolute Gasteiger partial charge is 0.239 e. The Morgan fingerprint density at radius 2 is 1.93 bits per heavy atom. The number of hydrogen-bond donors (Lipinski definition) is 1. The first-order valence-electron chi connectivity index (χ1n) is 6.06. The molecule has 0 aromatic carbocycles. The first kappa shape index (κ1) is 14.4. The van der Waals surface area contributed by atoms with Crippen molar-refractivity contribution in [1.82, 2.24) is 10.2 Å². The minimum atomic E-state index is -0.0733. The van der Waals surface area contributed by atoms with Crippen molar-refractivity contribution in [3.05, 3.63) is 0 Å². The Morgan fingerprint density at radius 1 is 1.33 bits per heavy atom. The van der Waals surface area contributed by atoms with Crippen LogP contribution in [0.4, 0.5) is 0 Å². The molecule has 0 saturated carbocycles. The van der Waals surface area contributed by atoms with Crippen molar-refractivity contribution in [3.8, 4) is 0 Å². The predicted molar refractivity (Wildman–Crippen MR) is 64.9 cm³/mol. The Balaban J connectivity index is 4.39. The van der Waals surface area contributed by atoms with Crippen molar-refractivity contribution in [3.63, 3.8) is 0 Å². The first-order chi connectivity index (χ1) is 7.08. The van der Waals surface area contributed by atoms with E-state index in [4.69, 9.17) is 0 Å². The monoisotopic (exact) mass is 214 g/mol. The van der Waals surface area contributed by atoms with E-state index in [9.17, 15) is 4.79 Å². The minimum absolute atomic E-state index is 0.0733. The summed E-state index contributed by atoms with van der Waals surface area (Å²) in [6, 6.07) is 0.274. The summed E-state index contributed by atoms with van der Waals surface area (Å²) in [5, 5.41) is 3.01. The number of unbranched alkanes of at least 4 members (excludes halogenated alkanes) is 1. The third kappa shape index (κ3) is 4.65. The number of nitrogens with one attached hydrogen (secondary N) is 1. The molecule has 15 heavy (non-hydrogen) atoms. The largest absolute Gasteiger partial charge is 0.339 e. The molecule has 3 heteroatoms. The molecule has 0 aliphatic heterocycles. The maximum Gasteiger partial charge on any atom is 0.239 e. The zero-order valence-corrected chi connectivity index (χ0v) is 10.8. The molecule has 0 aromatic heterocycles. The highest BCUT2D eigenvalue weighted by atomic mass is 16.2. The molecule has 90 valence electrons. The van der Waals surface area contributed by atoms with Crippen LogP contribution in [0.1, 0.15) is 47.0 Å². The number of likely N-dealkylation sites (N-methyl/N-ethyl adjacent to an activating group) is 1. The van der Waals surface area contributed by atoms with Gasteiger partial charge in [0.05, 0.1) is 6.04 Å². The van der Waals surface area contributed by atoms with Crippen molar-refractivity contribution in [1.29, 1.82) is 0 Å². The molecule has 2 unspecified atom stereocenters. The Morgan fingerprint density at radius 3 is 2.33 bits per heavy atom. The van der Waals surface area contributed by atoms with Gasteiger partial charge in [-0.25, -0.2) is 0 Å². The molecule has 0 rings (SSSR count). The van der Waals surface area contributed by atoms with Gasteiger partial charge in [0.1, 0.15) is 0 Å². The Hall–Kier alpha value is -0.570. The zero-order valence-electron chi connectivity index (χ0n) is 10.8. The van der Waals surface area contributed by atoms with Crippen LogP contribution in [0, 0.1) is 0 Å². The minimum Gasteiger partial charge on any atom is -0.339 e. The van der Waals surface area contributed by atoms with Crippen LogP contribution in [-0.4, -0.2) is 36.5 Å². The first-order valence-corrected chi connectivity index (χ1v) is 6.06. The van der Waals surface area contributed by atoms with Gasteiger partial charge >= 0.3 is 0 Å². The second-order valence-corrected chi connectivity index (χ2v) is 4.15. The second kappa shape index (κ2) is 7.69. The molecular formula is C12H26N2O. The average molecular weight is 214 g/mol. The molecule has 0 fully saturated rings. The summed E-state index contributed by atoms with van der Waals surface area (Å²) in [4.78, 5) is 14.0. The highest BCUT2D eigenvalue weighted by Crippen LogP contribution is 2.08. The van der Waals surface area contributed by atoms with Gasteiger partial charge in [-0.2, -0.15) is 0 Å². The lowest BCUT2D eigenvalue weighted by molar-refractivity contribution is -0.135. The third-order valence-electron chi connectivity index (χ3n) is 2.96. The molecule has 0 bridgehead atoms. The van der Waals surface area contributed by atoms with E-state index in [1.807, 2.05) is 18.9 Å². The lowest BCUT2D eigenvalue weighted by atomic mass is 10.1. The van der Waals surface area contributed by atoms with Gasteiger partial charge in [0.2, 0.25) is 5.91 Å². The highest BCUT2D eigenvalue weighted by Gasteiger charge is 2.22. The Kier molecular flexibility index (Phi) is 7.39. The molecule has 0 aliphatic rings. The molecule has 2 atom stereocenters. The molecule has 0 saturated heterocycles. The SMILES string of the molecule is CCCCN(C(=O)C(C)NC)C(C)CC. The van der Waals surface area contributed by atoms with E-state index in [2.05, 4.69) is 26.1 Å². The fourth-order valence-corrected chi connectivity index (χ4v) is 1.47. The molecule has 0 heterocycles. The van der Waals surface area contributed by atoms with E-state index in [1.165, 1.54) is 0 Å². The van der Waals surface area contributed by atoms with E-state index < -0.39 is 0 Å². The summed E-state index contributed by atoms with van der Waals surface area (Å²) in [5.41, 5.74) is 0. The number of carbonyl (C=O) groups is 1. The second-order valence-electron chi connectivity index (χ2n) is 4.15. The zero-order chi connectivity index (χ0) is 11.8. The van der Waals surface area contributed by atoms with Crippen LogP contribution in [0.25, 0.3) is 0 Å². The Bertz CT molecular complexity index is 182. The quantitative estimate of drug-likeness (QED) is 0.703. The van der Waals surface area contributed by atoms with Crippen molar-refractivity contribution in [2.45, 2.75) is 59.0 Å². The van der Waals surface area contributed by atoms with Crippen LogP contribution >= 0.6 is 0 Å². The standard InChI is InChI=1S/C12H26N2O/c1-6-8-9-14(10(3)7-2)12(15)11(4)13-5/h10-11,13H,6-9H2,1-5H3. The highest BCUT2D eigenvalue weighted by molar-refractivity contribution is 5.81. The number of hydrogen-bond acceptors (Lipinski definition) is 2. The van der Waals surface area contributed by atoms with Crippen LogP contribution in [0.2, 0.25) is 0 Å². The molecule has 3 nitrogen and oxygen atoms in total. The summed E-state index contributed by atoms with van der Waals surface area (Å²) in [6.45, 7) is 9.21. The molecule has 1 amide bonds. The van der Waals surface area contributed by atoms with Gasteiger partial charge in [-0.1, -0.05) is 20.3 Å². The van der Waals surface area contributed by atoms with E-state index >= 15 is 0 Å². The molecule has 0 spiro atoms. The van der Waals surface area contributed by atoms with Gasteiger partial charge in [-0.3, -0.25) is 4.79 Å². The summed E-state index contributed by atoms with van der Waals surface area (Å²) in [6.07, 6.45) is 3.24. The predicted octanol–water partition coefficient (Wildman–Crippen LogP) is 2.02. The van der Waals surface area contributed by atoms with Gasteiger partial charge in [-0.15, -0.1) is 0 Å². The van der Waals surface area contributed by atoms with Crippen molar-refractivity contribution in [2.75, 3.05) is 13.6 Å². The third-order valence-corrected chi connectivity index (χ3v) is 2.96.